The summed E-state index contributed by atoms with van der Waals surface area (Å²) in [7, 11) is 0. The summed E-state index contributed by atoms with van der Waals surface area (Å²) in [6.45, 7) is 4.78. The summed E-state index contributed by atoms with van der Waals surface area (Å²) >= 11 is 0. The molecule has 1 saturated heterocycles. The van der Waals surface area contributed by atoms with Crippen molar-refractivity contribution in [2.75, 3.05) is 11.9 Å². The first-order chi connectivity index (χ1) is 11.6. The van der Waals surface area contributed by atoms with Crippen molar-refractivity contribution in [3.63, 3.8) is 0 Å². The number of anilines is 1. The fourth-order valence-electron chi connectivity index (χ4n) is 3.17. The Morgan fingerprint density at radius 3 is 2.96 bits per heavy atom. The lowest BCUT2D eigenvalue weighted by Gasteiger charge is -2.27. The van der Waals surface area contributed by atoms with Gasteiger partial charge >= 0.3 is 0 Å². The van der Waals surface area contributed by atoms with Crippen molar-refractivity contribution in [2.45, 2.75) is 57.7 Å². The van der Waals surface area contributed by atoms with E-state index in [0.717, 1.165) is 31.4 Å². The van der Waals surface area contributed by atoms with Gasteiger partial charge in [0.2, 0.25) is 5.91 Å². The zero-order valence-corrected chi connectivity index (χ0v) is 14.2. The second-order valence-corrected chi connectivity index (χ2v) is 6.49. The number of rotatable bonds is 4. The third kappa shape index (κ3) is 3.53. The minimum Gasteiger partial charge on any atom is -0.478 e. The van der Waals surface area contributed by atoms with E-state index in [9.17, 15) is 9.59 Å². The molecular formula is C18H25N3O3. The summed E-state index contributed by atoms with van der Waals surface area (Å²) in [6, 6.07) is 5.42. The van der Waals surface area contributed by atoms with Crippen LogP contribution in [0.2, 0.25) is 0 Å². The van der Waals surface area contributed by atoms with Gasteiger partial charge in [0.05, 0.1) is 17.8 Å². The quantitative estimate of drug-likeness (QED) is 0.789. The van der Waals surface area contributed by atoms with E-state index in [4.69, 9.17) is 4.74 Å². The molecule has 1 fully saturated rings. The second-order valence-electron chi connectivity index (χ2n) is 6.49. The van der Waals surface area contributed by atoms with E-state index in [-0.39, 0.29) is 23.9 Å². The lowest BCUT2D eigenvalue weighted by atomic mass is 10.0. The zero-order chi connectivity index (χ0) is 17.1. The second kappa shape index (κ2) is 7.21. The van der Waals surface area contributed by atoms with Gasteiger partial charge in [-0.2, -0.15) is 0 Å². The molecule has 0 bridgehead atoms. The van der Waals surface area contributed by atoms with E-state index in [1.165, 1.54) is 0 Å². The third-order valence-corrected chi connectivity index (χ3v) is 4.68. The van der Waals surface area contributed by atoms with Crippen LogP contribution in [0.5, 0.6) is 5.75 Å². The molecule has 1 aromatic carbocycles. The fourth-order valence-corrected chi connectivity index (χ4v) is 3.17. The topological polar surface area (TPSA) is 79.5 Å². The Bertz CT molecular complexity index is 626. The highest BCUT2D eigenvalue weighted by atomic mass is 16.5. The van der Waals surface area contributed by atoms with Crippen LogP contribution in [0.25, 0.3) is 0 Å². The van der Waals surface area contributed by atoms with Crippen LogP contribution in [0.1, 0.15) is 51.1 Å². The van der Waals surface area contributed by atoms with Crippen molar-refractivity contribution < 1.29 is 14.3 Å². The highest BCUT2D eigenvalue weighted by molar-refractivity contribution is 5.97. The van der Waals surface area contributed by atoms with E-state index >= 15 is 0 Å². The summed E-state index contributed by atoms with van der Waals surface area (Å²) in [4.78, 5) is 24.2. The molecule has 130 valence electrons. The monoisotopic (exact) mass is 331 g/mol. The molecule has 2 heterocycles. The van der Waals surface area contributed by atoms with Crippen LogP contribution in [-0.2, 0) is 9.59 Å². The molecule has 6 heteroatoms. The first-order valence-corrected chi connectivity index (χ1v) is 8.73. The summed E-state index contributed by atoms with van der Waals surface area (Å²) in [6.07, 6.45) is 3.27. The van der Waals surface area contributed by atoms with E-state index in [2.05, 4.69) is 16.0 Å². The van der Waals surface area contributed by atoms with Crippen LogP contribution in [0.3, 0.4) is 0 Å². The van der Waals surface area contributed by atoms with Crippen molar-refractivity contribution in [3.05, 3.63) is 23.8 Å². The number of hydrogen-bond acceptors (Lipinski definition) is 4. The molecule has 1 aromatic rings. The Morgan fingerprint density at radius 1 is 1.42 bits per heavy atom. The molecule has 0 spiro atoms. The number of hydrogen-bond donors (Lipinski definition) is 3. The number of benzene rings is 1. The maximum Gasteiger partial charge on any atom is 0.265 e. The van der Waals surface area contributed by atoms with Crippen LogP contribution >= 0.6 is 0 Å². The molecule has 0 aliphatic carbocycles. The molecule has 3 unspecified atom stereocenters. The predicted molar refractivity (Wildman–Crippen MR) is 92.0 cm³/mol. The van der Waals surface area contributed by atoms with Gasteiger partial charge in [-0.1, -0.05) is 19.4 Å². The summed E-state index contributed by atoms with van der Waals surface area (Å²) in [5, 5.41) is 9.18. The van der Waals surface area contributed by atoms with Gasteiger partial charge in [0, 0.05) is 0 Å². The van der Waals surface area contributed by atoms with E-state index < -0.39 is 6.10 Å². The Morgan fingerprint density at radius 2 is 2.25 bits per heavy atom. The van der Waals surface area contributed by atoms with Crippen molar-refractivity contribution in [3.8, 4) is 5.75 Å². The molecule has 0 aromatic heterocycles. The number of nitrogens with one attached hydrogen (secondary N) is 3. The average molecular weight is 331 g/mol. The number of ether oxygens (including phenoxy) is 1. The van der Waals surface area contributed by atoms with Gasteiger partial charge in [0.1, 0.15) is 5.75 Å². The number of carbonyl (C=O) groups is 2. The lowest BCUT2D eigenvalue weighted by molar-refractivity contribution is -0.124. The zero-order valence-electron chi connectivity index (χ0n) is 14.2. The first kappa shape index (κ1) is 16.8. The van der Waals surface area contributed by atoms with Crippen molar-refractivity contribution in [1.29, 1.82) is 0 Å². The minimum atomic E-state index is -0.455. The maximum absolute atomic E-state index is 12.4. The predicted octanol–water partition coefficient (Wildman–Crippen LogP) is 2.12. The molecule has 2 aliphatic heterocycles. The molecule has 3 N–H and O–H groups in total. The van der Waals surface area contributed by atoms with Crippen LogP contribution in [-0.4, -0.2) is 30.5 Å². The van der Waals surface area contributed by atoms with Gasteiger partial charge in [-0.25, -0.2) is 0 Å². The van der Waals surface area contributed by atoms with Crippen molar-refractivity contribution >= 4 is 17.5 Å². The smallest absolute Gasteiger partial charge is 0.265 e. The molecule has 0 saturated carbocycles. The Labute approximate surface area is 142 Å². The molecule has 6 nitrogen and oxygen atoms in total. The number of fused-ring (bicyclic) bond motifs is 1. The molecule has 2 aliphatic rings. The number of amides is 2. The third-order valence-electron chi connectivity index (χ3n) is 4.68. The SMILES string of the molecule is CCC1Oc2cc(C(C)NC(=O)C3CCCCN3)ccc2NC1=O. The van der Waals surface area contributed by atoms with Crippen LogP contribution in [0.4, 0.5) is 5.69 Å². The van der Waals surface area contributed by atoms with Gasteiger partial charge in [-0.3, -0.25) is 9.59 Å². The molecule has 2 amide bonds. The molecule has 24 heavy (non-hydrogen) atoms. The maximum atomic E-state index is 12.4. The Hall–Kier alpha value is -2.08. The molecule has 3 atom stereocenters. The van der Waals surface area contributed by atoms with E-state index in [1.54, 1.807) is 0 Å². The van der Waals surface area contributed by atoms with E-state index in [1.807, 2.05) is 32.0 Å². The van der Waals surface area contributed by atoms with E-state index in [0.29, 0.717) is 17.9 Å². The lowest BCUT2D eigenvalue weighted by Crippen LogP contribution is -2.47. The van der Waals surface area contributed by atoms with Crippen LogP contribution in [0, 0.1) is 0 Å². The Balaban J connectivity index is 1.68. The normalized spacial score (nSPS) is 24.3. The van der Waals surface area contributed by atoms with Crippen molar-refractivity contribution in [1.82, 2.24) is 10.6 Å². The largest absolute Gasteiger partial charge is 0.478 e. The molecule has 0 radical (unpaired) electrons. The number of piperidine rings is 1. The average Bonchev–Trinajstić information content (AvgIpc) is 2.61. The van der Waals surface area contributed by atoms with Gasteiger partial charge in [-0.05, 0) is 50.4 Å². The van der Waals surface area contributed by atoms with Gasteiger partial charge in [-0.15, -0.1) is 0 Å². The van der Waals surface area contributed by atoms with Gasteiger partial charge in [0.15, 0.2) is 6.10 Å². The minimum absolute atomic E-state index is 0.0422. The van der Waals surface area contributed by atoms with Gasteiger partial charge in [0.25, 0.3) is 5.91 Å². The van der Waals surface area contributed by atoms with Crippen LogP contribution < -0.4 is 20.7 Å². The van der Waals surface area contributed by atoms with Crippen LogP contribution in [0.15, 0.2) is 18.2 Å². The summed E-state index contributed by atoms with van der Waals surface area (Å²) < 4.78 is 5.77. The Kier molecular flexibility index (Phi) is 5.04. The fraction of sp³-hybridized carbons (Fsp3) is 0.556. The van der Waals surface area contributed by atoms with Gasteiger partial charge < -0.3 is 20.7 Å². The molecule has 3 rings (SSSR count). The highest BCUT2D eigenvalue weighted by Gasteiger charge is 2.27. The summed E-state index contributed by atoms with van der Waals surface area (Å²) in [5.41, 5.74) is 1.64. The highest BCUT2D eigenvalue weighted by Crippen LogP contribution is 2.33. The summed E-state index contributed by atoms with van der Waals surface area (Å²) in [5.74, 6) is 0.596. The first-order valence-electron chi connectivity index (χ1n) is 8.73. The number of carbonyl (C=O) groups excluding carboxylic acids is 2. The standard InChI is InChI=1S/C18H25N3O3/c1-3-15-18(23)21-13-8-7-12(10-16(13)24-15)11(2)20-17(22)14-6-4-5-9-19-14/h7-8,10-11,14-15,19H,3-6,9H2,1-2H3,(H,20,22)(H,21,23). The van der Waals surface area contributed by atoms with Crippen molar-refractivity contribution in [2.24, 2.45) is 0 Å². The molecular weight excluding hydrogens is 306 g/mol.